The Hall–Kier alpha value is -3.81. The Morgan fingerprint density at radius 2 is 1.70 bits per heavy atom. The molecule has 0 fully saturated rings. The molecule has 0 aliphatic carbocycles. The van der Waals surface area contributed by atoms with Crippen LogP contribution in [0, 0.1) is 20.8 Å². The van der Waals surface area contributed by atoms with E-state index in [2.05, 4.69) is 21.8 Å². The number of ether oxygens (including phenoxy) is 2. The molecule has 0 saturated carbocycles. The molecule has 0 bridgehead atoms. The second-order valence-electron chi connectivity index (χ2n) is 8.26. The summed E-state index contributed by atoms with van der Waals surface area (Å²) >= 11 is 0. The van der Waals surface area contributed by atoms with Crippen LogP contribution in [0.3, 0.4) is 0 Å². The minimum atomic E-state index is -0.317. The third kappa shape index (κ3) is 6.12. The van der Waals surface area contributed by atoms with Crippen LogP contribution >= 0.6 is 0 Å². The van der Waals surface area contributed by atoms with Gasteiger partial charge in [-0.1, -0.05) is 6.07 Å². The zero-order valence-corrected chi connectivity index (χ0v) is 19.9. The molecule has 0 aliphatic heterocycles. The molecule has 1 heterocycles. The Labute approximate surface area is 193 Å². The van der Waals surface area contributed by atoms with Crippen molar-refractivity contribution in [1.82, 2.24) is 15.1 Å². The van der Waals surface area contributed by atoms with Gasteiger partial charge in [0.15, 0.2) is 18.1 Å². The van der Waals surface area contributed by atoms with Gasteiger partial charge in [0.05, 0.1) is 18.5 Å². The number of anilines is 1. The van der Waals surface area contributed by atoms with E-state index in [4.69, 9.17) is 9.47 Å². The SMILES string of the molecule is COc1cc(C(=O)Nc2cc(C)nn2-c2cc(C)cc(C)c2)ccc1OCC(=O)NC(C)C. The first-order chi connectivity index (χ1) is 15.7. The highest BCUT2D eigenvalue weighted by Gasteiger charge is 2.16. The molecule has 2 amide bonds. The number of hydrogen-bond donors (Lipinski definition) is 2. The quantitative estimate of drug-likeness (QED) is 0.542. The standard InChI is InChI=1S/C25H30N4O4/c1-15(2)26-24(30)14-33-21-8-7-19(13-22(21)32-6)25(31)27-23-12-18(5)28-29(23)20-10-16(3)9-17(4)11-20/h7-13,15H,14H2,1-6H3,(H,26,30)(H,27,31). The van der Waals surface area contributed by atoms with Crippen LogP contribution in [0.4, 0.5) is 5.82 Å². The number of hydrogen-bond acceptors (Lipinski definition) is 5. The summed E-state index contributed by atoms with van der Waals surface area (Å²) in [4.78, 5) is 24.8. The molecular weight excluding hydrogens is 420 g/mol. The van der Waals surface area contributed by atoms with Crippen molar-refractivity contribution in [1.29, 1.82) is 0 Å². The van der Waals surface area contributed by atoms with Crippen LogP contribution in [0.15, 0.2) is 42.5 Å². The summed E-state index contributed by atoms with van der Waals surface area (Å²) in [7, 11) is 1.48. The average molecular weight is 451 g/mol. The van der Waals surface area contributed by atoms with Crippen LogP contribution in [0.5, 0.6) is 11.5 Å². The van der Waals surface area contributed by atoms with E-state index in [-0.39, 0.29) is 24.5 Å². The van der Waals surface area contributed by atoms with Crippen LogP contribution in [0.2, 0.25) is 0 Å². The van der Waals surface area contributed by atoms with Crippen LogP contribution < -0.4 is 20.1 Å². The lowest BCUT2D eigenvalue weighted by Crippen LogP contribution is -2.34. The monoisotopic (exact) mass is 450 g/mol. The van der Waals surface area contributed by atoms with Crippen LogP contribution in [0.1, 0.15) is 41.0 Å². The number of nitrogens with zero attached hydrogens (tertiary/aromatic N) is 2. The van der Waals surface area contributed by atoms with Crippen molar-refractivity contribution in [2.24, 2.45) is 0 Å². The summed E-state index contributed by atoms with van der Waals surface area (Å²) in [6.07, 6.45) is 0. The molecule has 1 aromatic heterocycles. The van der Waals surface area contributed by atoms with Gasteiger partial charge in [0.2, 0.25) is 0 Å². The van der Waals surface area contributed by atoms with Crippen LogP contribution in [0.25, 0.3) is 5.69 Å². The predicted molar refractivity (Wildman–Crippen MR) is 127 cm³/mol. The summed E-state index contributed by atoms with van der Waals surface area (Å²) in [5, 5.41) is 10.2. The molecule has 0 atom stereocenters. The van der Waals surface area contributed by atoms with Gasteiger partial charge in [-0.3, -0.25) is 9.59 Å². The Balaban J connectivity index is 1.79. The zero-order chi connectivity index (χ0) is 24.1. The number of rotatable bonds is 8. The van der Waals surface area contributed by atoms with Gasteiger partial charge >= 0.3 is 0 Å². The van der Waals surface area contributed by atoms with Gasteiger partial charge in [-0.15, -0.1) is 0 Å². The van der Waals surface area contributed by atoms with Crippen molar-refractivity contribution in [3.63, 3.8) is 0 Å². The molecule has 8 nitrogen and oxygen atoms in total. The van der Waals surface area contributed by atoms with Gasteiger partial charge in [-0.2, -0.15) is 5.10 Å². The second kappa shape index (κ2) is 10.2. The molecule has 3 rings (SSSR count). The Morgan fingerprint density at radius 3 is 2.33 bits per heavy atom. The Morgan fingerprint density at radius 1 is 1.00 bits per heavy atom. The third-order valence-corrected chi connectivity index (χ3v) is 4.76. The topological polar surface area (TPSA) is 94.5 Å². The van der Waals surface area contributed by atoms with Crippen molar-refractivity contribution in [3.05, 3.63) is 64.8 Å². The molecular formula is C25H30N4O4. The maximum atomic E-state index is 13.0. The largest absolute Gasteiger partial charge is 0.493 e. The molecule has 8 heteroatoms. The first-order valence-electron chi connectivity index (χ1n) is 10.7. The fraction of sp³-hybridized carbons (Fsp3) is 0.320. The van der Waals surface area contributed by atoms with E-state index >= 15 is 0 Å². The number of benzene rings is 2. The van der Waals surface area contributed by atoms with Gasteiger partial charge in [0, 0.05) is 17.7 Å². The number of carbonyl (C=O) groups is 2. The van der Waals surface area contributed by atoms with Gasteiger partial charge in [0.1, 0.15) is 5.82 Å². The zero-order valence-electron chi connectivity index (χ0n) is 19.9. The number of aromatic nitrogens is 2. The smallest absolute Gasteiger partial charge is 0.258 e. The molecule has 2 aromatic carbocycles. The molecule has 33 heavy (non-hydrogen) atoms. The maximum Gasteiger partial charge on any atom is 0.258 e. The molecule has 174 valence electrons. The highest BCUT2D eigenvalue weighted by molar-refractivity contribution is 6.04. The average Bonchev–Trinajstić information content (AvgIpc) is 3.10. The third-order valence-electron chi connectivity index (χ3n) is 4.76. The lowest BCUT2D eigenvalue weighted by Gasteiger charge is -2.14. The first-order valence-corrected chi connectivity index (χ1v) is 10.7. The summed E-state index contributed by atoms with van der Waals surface area (Å²) in [5.41, 5.74) is 4.26. The molecule has 0 saturated heterocycles. The molecule has 0 radical (unpaired) electrons. The van der Waals surface area contributed by atoms with Crippen molar-refractivity contribution in [3.8, 4) is 17.2 Å². The summed E-state index contributed by atoms with van der Waals surface area (Å²) in [5.74, 6) is 0.752. The van der Waals surface area contributed by atoms with Crippen molar-refractivity contribution in [2.75, 3.05) is 19.0 Å². The van der Waals surface area contributed by atoms with Crippen molar-refractivity contribution < 1.29 is 19.1 Å². The Bertz CT molecular complexity index is 1150. The molecule has 0 spiro atoms. The molecule has 3 aromatic rings. The predicted octanol–water partition coefficient (Wildman–Crippen LogP) is 3.96. The van der Waals surface area contributed by atoms with Crippen molar-refractivity contribution in [2.45, 2.75) is 40.7 Å². The molecule has 0 aliphatic rings. The molecule has 0 unspecified atom stereocenters. The van der Waals surface area contributed by atoms with Gasteiger partial charge < -0.3 is 20.1 Å². The lowest BCUT2D eigenvalue weighted by molar-refractivity contribution is -0.123. The fourth-order valence-electron chi connectivity index (χ4n) is 3.48. The van der Waals surface area contributed by atoms with E-state index in [0.717, 1.165) is 22.5 Å². The first kappa shape index (κ1) is 23.8. The minimum Gasteiger partial charge on any atom is -0.493 e. The number of methoxy groups -OCH3 is 1. The summed E-state index contributed by atoms with van der Waals surface area (Å²) in [6, 6.07) is 12.8. The number of nitrogens with one attached hydrogen (secondary N) is 2. The van der Waals surface area contributed by atoms with Crippen molar-refractivity contribution >= 4 is 17.6 Å². The van der Waals surface area contributed by atoms with E-state index in [1.54, 1.807) is 22.9 Å². The number of carbonyl (C=O) groups excluding carboxylic acids is 2. The normalized spacial score (nSPS) is 10.8. The Kier molecular flexibility index (Phi) is 7.37. The second-order valence-corrected chi connectivity index (χ2v) is 8.26. The van der Waals surface area contributed by atoms with E-state index in [9.17, 15) is 9.59 Å². The summed E-state index contributed by atoms with van der Waals surface area (Å²) < 4.78 is 12.7. The van der Waals surface area contributed by atoms with E-state index in [1.807, 2.05) is 52.8 Å². The minimum absolute atomic E-state index is 0.0230. The number of amides is 2. The summed E-state index contributed by atoms with van der Waals surface area (Å²) in [6.45, 7) is 9.52. The van der Waals surface area contributed by atoms with Gasteiger partial charge in [0.25, 0.3) is 11.8 Å². The lowest BCUT2D eigenvalue weighted by atomic mass is 10.1. The van der Waals surface area contributed by atoms with E-state index in [0.29, 0.717) is 22.9 Å². The fourth-order valence-corrected chi connectivity index (χ4v) is 3.48. The maximum absolute atomic E-state index is 13.0. The number of aryl methyl sites for hydroxylation is 3. The van der Waals surface area contributed by atoms with Gasteiger partial charge in [-0.25, -0.2) is 4.68 Å². The highest BCUT2D eigenvalue weighted by atomic mass is 16.5. The van der Waals surface area contributed by atoms with Crippen LogP contribution in [-0.2, 0) is 4.79 Å². The van der Waals surface area contributed by atoms with E-state index < -0.39 is 0 Å². The van der Waals surface area contributed by atoms with Gasteiger partial charge in [-0.05, 0) is 76.1 Å². The highest BCUT2D eigenvalue weighted by Crippen LogP contribution is 2.29. The van der Waals surface area contributed by atoms with Crippen LogP contribution in [-0.4, -0.2) is 41.4 Å². The van der Waals surface area contributed by atoms with E-state index in [1.165, 1.54) is 7.11 Å². The molecule has 2 N–H and O–H groups in total.